The molecule has 3 rings (SSSR count). The largest absolute Gasteiger partial charge is 0.372 e. The summed E-state index contributed by atoms with van der Waals surface area (Å²) in [5.74, 6) is -2.77. The first-order valence-corrected chi connectivity index (χ1v) is 10.8. The number of halogens is 2. The summed E-state index contributed by atoms with van der Waals surface area (Å²) in [6, 6.07) is 0.495. The molecule has 0 spiro atoms. The molecule has 1 heterocycles. The van der Waals surface area contributed by atoms with Crippen molar-refractivity contribution in [1.29, 1.82) is 0 Å². The van der Waals surface area contributed by atoms with Gasteiger partial charge in [0, 0.05) is 12.6 Å². The van der Waals surface area contributed by atoms with Gasteiger partial charge in [0.15, 0.2) is 0 Å². The Balaban J connectivity index is 1.75. The maximum atomic E-state index is 13.9. The molecule has 7 nitrogen and oxygen atoms in total. The van der Waals surface area contributed by atoms with Gasteiger partial charge in [0.05, 0.1) is 5.69 Å². The fraction of sp³-hybridized carbons (Fsp3) is 0.609. The van der Waals surface area contributed by atoms with Crippen molar-refractivity contribution in [2.45, 2.75) is 59.7 Å². The van der Waals surface area contributed by atoms with Crippen LogP contribution in [0, 0.1) is 34.3 Å². The second-order valence-electron chi connectivity index (χ2n) is 10.6. The van der Waals surface area contributed by atoms with Crippen LogP contribution in [0.15, 0.2) is 18.2 Å². The molecule has 0 bridgehead atoms. The van der Waals surface area contributed by atoms with Crippen LogP contribution in [0.2, 0.25) is 0 Å². The number of benzene rings is 1. The van der Waals surface area contributed by atoms with Gasteiger partial charge in [-0.1, -0.05) is 34.6 Å². The van der Waals surface area contributed by atoms with Crippen molar-refractivity contribution in [2.75, 3.05) is 11.9 Å². The molecule has 1 aromatic carbocycles. The summed E-state index contributed by atoms with van der Waals surface area (Å²) in [7, 11) is 0. The normalized spacial score (nSPS) is 25.5. The van der Waals surface area contributed by atoms with Gasteiger partial charge in [0.1, 0.15) is 29.8 Å². The van der Waals surface area contributed by atoms with Gasteiger partial charge < -0.3 is 21.3 Å². The average Bonchev–Trinajstić information content (AvgIpc) is 3.02. The van der Waals surface area contributed by atoms with Gasteiger partial charge in [-0.05, 0) is 41.7 Å². The Morgan fingerprint density at radius 1 is 1.22 bits per heavy atom. The van der Waals surface area contributed by atoms with Crippen LogP contribution < -0.4 is 16.4 Å². The highest BCUT2D eigenvalue weighted by Crippen LogP contribution is 2.64. The molecular weight excluding hydrogens is 418 g/mol. The van der Waals surface area contributed by atoms with E-state index in [1.54, 1.807) is 0 Å². The van der Waals surface area contributed by atoms with E-state index in [9.17, 15) is 23.2 Å². The lowest BCUT2D eigenvalue weighted by molar-refractivity contribution is -0.144. The highest BCUT2D eigenvalue weighted by molar-refractivity contribution is 5.94. The predicted octanol–water partition coefficient (Wildman–Crippen LogP) is 2.26. The zero-order chi connectivity index (χ0) is 24.2. The summed E-state index contributed by atoms with van der Waals surface area (Å²) in [5.41, 5.74) is 4.91. The molecule has 5 atom stereocenters. The topological polar surface area (TPSA) is 105 Å². The SMILES string of the molecule is C[C@H](Nc1ccc(F)cc1F)C(=O)N[C@H](C(=O)N1CC2C(C1C(N)=O)C2(C)C)C(C)(C)C. The van der Waals surface area contributed by atoms with Crippen LogP contribution in [0.3, 0.4) is 0 Å². The average molecular weight is 451 g/mol. The van der Waals surface area contributed by atoms with Crippen molar-refractivity contribution in [3.05, 3.63) is 29.8 Å². The number of carbonyl (C=O) groups is 3. The minimum Gasteiger partial charge on any atom is -0.372 e. The van der Waals surface area contributed by atoms with E-state index in [4.69, 9.17) is 5.73 Å². The summed E-state index contributed by atoms with van der Waals surface area (Å²) in [6.07, 6.45) is 0. The lowest BCUT2D eigenvalue weighted by atomic mass is 9.85. The Morgan fingerprint density at radius 3 is 2.38 bits per heavy atom. The molecular formula is C23H32F2N4O3. The molecule has 0 radical (unpaired) electrons. The van der Waals surface area contributed by atoms with Crippen molar-refractivity contribution in [2.24, 2.45) is 28.4 Å². The third kappa shape index (κ3) is 4.29. The van der Waals surface area contributed by atoms with Gasteiger partial charge in [-0.3, -0.25) is 14.4 Å². The Morgan fingerprint density at radius 2 is 1.84 bits per heavy atom. The van der Waals surface area contributed by atoms with E-state index in [1.165, 1.54) is 17.9 Å². The molecule has 176 valence electrons. The highest BCUT2D eigenvalue weighted by atomic mass is 19.1. The van der Waals surface area contributed by atoms with E-state index in [1.807, 2.05) is 20.8 Å². The Labute approximate surface area is 187 Å². The number of likely N-dealkylation sites (tertiary alicyclic amines) is 1. The van der Waals surface area contributed by atoms with E-state index in [0.29, 0.717) is 6.54 Å². The lowest BCUT2D eigenvalue weighted by Crippen LogP contribution is -2.60. The number of piperidine rings is 1. The van der Waals surface area contributed by atoms with Crippen LogP contribution in [0.4, 0.5) is 14.5 Å². The van der Waals surface area contributed by atoms with E-state index < -0.39 is 47.0 Å². The van der Waals surface area contributed by atoms with Gasteiger partial charge in [-0.2, -0.15) is 0 Å². The van der Waals surface area contributed by atoms with Gasteiger partial charge in [0.2, 0.25) is 17.7 Å². The second-order valence-corrected chi connectivity index (χ2v) is 10.6. The molecule has 1 aliphatic carbocycles. The third-order valence-electron chi connectivity index (χ3n) is 6.88. The molecule has 9 heteroatoms. The van der Waals surface area contributed by atoms with Crippen LogP contribution in [0.5, 0.6) is 0 Å². The van der Waals surface area contributed by atoms with Crippen molar-refractivity contribution in [3.8, 4) is 0 Å². The molecule has 1 aromatic rings. The van der Waals surface area contributed by atoms with E-state index in [-0.39, 0.29) is 28.8 Å². The first kappa shape index (κ1) is 23.9. The summed E-state index contributed by atoms with van der Waals surface area (Å²) in [4.78, 5) is 40.0. The first-order chi connectivity index (χ1) is 14.7. The van der Waals surface area contributed by atoms with Crippen molar-refractivity contribution in [3.63, 3.8) is 0 Å². The molecule has 2 aliphatic rings. The number of rotatable bonds is 6. The van der Waals surface area contributed by atoms with E-state index in [0.717, 1.165) is 12.1 Å². The number of primary amides is 1. The number of fused-ring (bicyclic) bond motifs is 1. The maximum absolute atomic E-state index is 13.9. The van der Waals surface area contributed by atoms with Crippen LogP contribution >= 0.6 is 0 Å². The van der Waals surface area contributed by atoms with Crippen molar-refractivity contribution in [1.82, 2.24) is 10.2 Å². The van der Waals surface area contributed by atoms with Crippen LogP contribution in [0.25, 0.3) is 0 Å². The zero-order valence-corrected chi connectivity index (χ0v) is 19.3. The minimum absolute atomic E-state index is 0.0160. The molecule has 32 heavy (non-hydrogen) atoms. The number of nitrogens with one attached hydrogen (secondary N) is 2. The summed E-state index contributed by atoms with van der Waals surface area (Å²) < 4.78 is 27.1. The number of hydrogen-bond acceptors (Lipinski definition) is 4. The predicted molar refractivity (Wildman–Crippen MR) is 116 cm³/mol. The Hall–Kier alpha value is -2.71. The van der Waals surface area contributed by atoms with Gasteiger partial charge in [-0.25, -0.2) is 8.78 Å². The van der Waals surface area contributed by atoms with E-state index >= 15 is 0 Å². The molecule has 3 amide bonds. The van der Waals surface area contributed by atoms with Crippen LogP contribution in [0.1, 0.15) is 41.5 Å². The monoisotopic (exact) mass is 450 g/mol. The second kappa shape index (κ2) is 8.01. The summed E-state index contributed by atoms with van der Waals surface area (Å²) >= 11 is 0. The fourth-order valence-electron chi connectivity index (χ4n) is 4.83. The fourth-order valence-corrected chi connectivity index (χ4v) is 4.83. The standard InChI is InChI=1S/C23H32F2N4O3/c1-11(27-15-8-7-12(24)9-14(15)25)20(31)28-18(22(2,3)4)21(32)29-10-13-16(23(13,5)6)17(29)19(26)30/h7-9,11,13,16-18,27H,10H2,1-6H3,(H2,26,30)(H,28,31)/t11-,13?,16?,17?,18+/m0/s1. The quantitative estimate of drug-likeness (QED) is 0.618. The zero-order valence-electron chi connectivity index (χ0n) is 19.3. The molecule has 2 fully saturated rings. The van der Waals surface area contributed by atoms with Crippen LogP contribution in [-0.4, -0.2) is 47.3 Å². The third-order valence-corrected chi connectivity index (χ3v) is 6.88. The molecule has 3 unspecified atom stereocenters. The first-order valence-electron chi connectivity index (χ1n) is 10.8. The summed E-state index contributed by atoms with van der Waals surface area (Å²) in [6.45, 7) is 11.5. The van der Waals surface area contributed by atoms with Crippen molar-refractivity contribution < 1.29 is 23.2 Å². The Bertz CT molecular complexity index is 944. The highest BCUT2D eigenvalue weighted by Gasteiger charge is 2.69. The number of amides is 3. The van der Waals surface area contributed by atoms with Gasteiger partial charge >= 0.3 is 0 Å². The smallest absolute Gasteiger partial charge is 0.246 e. The number of anilines is 1. The maximum Gasteiger partial charge on any atom is 0.246 e. The van der Waals surface area contributed by atoms with Crippen LogP contribution in [-0.2, 0) is 14.4 Å². The molecule has 4 N–H and O–H groups in total. The number of carbonyl (C=O) groups excluding carboxylic acids is 3. The molecule has 1 aliphatic heterocycles. The van der Waals surface area contributed by atoms with Gasteiger partial charge in [0.25, 0.3) is 0 Å². The number of hydrogen-bond donors (Lipinski definition) is 3. The number of nitrogens with zero attached hydrogens (tertiary/aromatic N) is 1. The van der Waals surface area contributed by atoms with Crippen molar-refractivity contribution >= 4 is 23.4 Å². The minimum atomic E-state index is -0.917. The van der Waals surface area contributed by atoms with Gasteiger partial charge in [-0.15, -0.1) is 0 Å². The molecule has 0 aromatic heterocycles. The summed E-state index contributed by atoms with van der Waals surface area (Å²) in [5, 5.41) is 5.45. The Kier molecular flexibility index (Phi) is 5.99. The molecule has 1 saturated heterocycles. The number of nitrogens with two attached hydrogens (primary N) is 1. The molecule has 1 saturated carbocycles. The van der Waals surface area contributed by atoms with E-state index in [2.05, 4.69) is 24.5 Å². The lowest BCUT2D eigenvalue weighted by Gasteiger charge is -2.37.